The number of hydrogen-bond donors (Lipinski definition) is 2. The quantitative estimate of drug-likeness (QED) is 0.219. The summed E-state index contributed by atoms with van der Waals surface area (Å²) in [5.41, 5.74) is 2.64. The number of rotatable bonds is 12. The van der Waals surface area contributed by atoms with Crippen LogP contribution in [0, 0.1) is 0 Å². The molecule has 0 aliphatic heterocycles. The molecular weight excluding hydrogens is 555 g/mol. The number of aromatic nitrogens is 3. The zero-order chi connectivity index (χ0) is 29.7. The summed E-state index contributed by atoms with van der Waals surface area (Å²) in [6, 6.07) is 20.3. The number of nitrogens with zero attached hydrogens (tertiary/aromatic N) is 3. The third-order valence-corrected chi connectivity index (χ3v) is 7.74. The number of alkyl halides is 3. The average Bonchev–Trinajstić information content (AvgIpc) is 3.31. The molecule has 8 nitrogen and oxygen atoms in total. The van der Waals surface area contributed by atoms with Crippen LogP contribution in [0.3, 0.4) is 0 Å². The number of sulfonamides is 1. The van der Waals surface area contributed by atoms with Gasteiger partial charge < -0.3 is 10.1 Å². The first-order valence-corrected chi connectivity index (χ1v) is 14.6. The van der Waals surface area contributed by atoms with E-state index in [1.807, 2.05) is 49.5 Å². The Hall–Kier alpha value is -3.74. The van der Waals surface area contributed by atoms with Gasteiger partial charge in [0, 0.05) is 43.7 Å². The van der Waals surface area contributed by atoms with Gasteiger partial charge in [0.1, 0.15) is 5.75 Å². The van der Waals surface area contributed by atoms with Gasteiger partial charge in [0.25, 0.3) is 0 Å². The Bertz CT molecular complexity index is 1550. The zero-order valence-electron chi connectivity index (χ0n) is 22.9. The number of halogens is 3. The molecule has 2 heterocycles. The van der Waals surface area contributed by atoms with Crippen LogP contribution in [0.25, 0.3) is 11.3 Å². The van der Waals surface area contributed by atoms with Crippen LogP contribution in [-0.2, 0) is 35.2 Å². The summed E-state index contributed by atoms with van der Waals surface area (Å²) >= 11 is 0. The Morgan fingerprint density at radius 3 is 2.34 bits per heavy atom. The molecule has 0 amide bonds. The molecule has 0 saturated carbocycles. The molecular formula is C29H32F3N5O3S. The molecule has 4 rings (SSSR count). The highest BCUT2D eigenvalue weighted by atomic mass is 32.2. The van der Waals surface area contributed by atoms with Crippen LogP contribution in [0.15, 0.2) is 79.1 Å². The summed E-state index contributed by atoms with van der Waals surface area (Å²) in [6.45, 7) is 6.88. The summed E-state index contributed by atoms with van der Waals surface area (Å²) in [5, 5.41) is 8.00. The lowest BCUT2D eigenvalue weighted by Gasteiger charge is -2.27. The monoisotopic (exact) mass is 587 g/mol. The highest BCUT2D eigenvalue weighted by molar-refractivity contribution is 7.89. The molecule has 2 aromatic heterocycles. The number of pyridine rings is 1. The minimum absolute atomic E-state index is 0.488. The van der Waals surface area contributed by atoms with Crippen LogP contribution in [0.5, 0.6) is 11.6 Å². The lowest BCUT2D eigenvalue weighted by Crippen LogP contribution is -2.44. The molecule has 0 fully saturated rings. The molecule has 0 unspecified atom stereocenters. The van der Waals surface area contributed by atoms with E-state index in [4.69, 9.17) is 4.74 Å². The van der Waals surface area contributed by atoms with Gasteiger partial charge in [-0.1, -0.05) is 36.4 Å². The standard InChI is InChI=1S/C29H32F3N5O3S/c1-4-37-27(40-25-12-10-21(11-13-25)17-34-19-22-7-6-14-33-18-22)16-26(35-37)23-8-5-9-24(15-23)28(2,3)36-41(38,39)20-29(30,31)32/h5-16,18,34,36H,4,17,19-20H2,1-3H3. The average molecular weight is 588 g/mol. The highest BCUT2D eigenvalue weighted by Crippen LogP contribution is 2.31. The third-order valence-electron chi connectivity index (χ3n) is 6.21. The van der Waals surface area contributed by atoms with Gasteiger partial charge in [-0.3, -0.25) is 4.98 Å². The highest BCUT2D eigenvalue weighted by Gasteiger charge is 2.38. The number of nitrogens with one attached hydrogen (secondary N) is 2. The summed E-state index contributed by atoms with van der Waals surface area (Å²) in [7, 11) is -4.61. The molecule has 0 saturated heterocycles. The Labute approximate surface area is 237 Å². The number of hydrogen-bond acceptors (Lipinski definition) is 6. The van der Waals surface area contributed by atoms with Crippen molar-refractivity contribution in [3.63, 3.8) is 0 Å². The second-order valence-electron chi connectivity index (χ2n) is 10.1. The van der Waals surface area contributed by atoms with Crippen LogP contribution in [-0.4, -0.2) is 35.1 Å². The summed E-state index contributed by atoms with van der Waals surface area (Å²) in [6.07, 6.45) is -1.27. The van der Waals surface area contributed by atoms with Crippen molar-refractivity contribution in [2.45, 2.75) is 52.1 Å². The minimum Gasteiger partial charge on any atom is -0.439 e. The smallest absolute Gasteiger partial charge is 0.404 e. The number of aryl methyl sites for hydroxylation is 1. The lowest BCUT2D eigenvalue weighted by molar-refractivity contribution is -0.106. The van der Waals surface area contributed by atoms with E-state index in [2.05, 4.69) is 20.1 Å². The normalized spacial score (nSPS) is 12.4. The van der Waals surface area contributed by atoms with Gasteiger partial charge in [0.15, 0.2) is 5.75 Å². The molecule has 0 radical (unpaired) electrons. The van der Waals surface area contributed by atoms with Crippen molar-refractivity contribution >= 4 is 10.0 Å². The summed E-state index contributed by atoms with van der Waals surface area (Å²) in [5.74, 6) is -0.801. The van der Waals surface area contributed by atoms with Gasteiger partial charge in [-0.15, -0.1) is 0 Å². The molecule has 2 aromatic carbocycles. The Morgan fingerprint density at radius 2 is 1.68 bits per heavy atom. The van der Waals surface area contributed by atoms with Crippen molar-refractivity contribution in [1.82, 2.24) is 24.8 Å². The summed E-state index contributed by atoms with van der Waals surface area (Å²) in [4.78, 5) is 4.11. The largest absolute Gasteiger partial charge is 0.439 e. The molecule has 0 spiro atoms. The SMILES string of the molecule is CCn1nc(-c2cccc(C(C)(C)NS(=O)(=O)CC(F)(F)F)c2)cc1Oc1ccc(CNCc2cccnc2)cc1. The van der Waals surface area contributed by atoms with E-state index < -0.39 is 27.5 Å². The van der Waals surface area contributed by atoms with Crippen molar-refractivity contribution in [3.05, 3.63) is 95.8 Å². The van der Waals surface area contributed by atoms with Crippen molar-refractivity contribution in [3.8, 4) is 22.9 Å². The molecule has 2 N–H and O–H groups in total. The lowest BCUT2D eigenvalue weighted by atomic mass is 9.93. The van der Waals surface area contributed by atoms with Crippen molar-refractivity contribution in [2.24, 2.45) is 0 Å². The van der Waals surface area contributed by atoms with Gasteiger partial charge >= 0.3 is 6.18 Å². The number of ether oxygens (including phenoxy) is 1. The predicted molar refractivity (Wildman–Crippen MR) is 151 cm³/mol. The zero-order valence-corrected chi connectivity index (χ0v) is 23.8. The fourth-order valence-corrected chi connectivity index (χ4v) is 5.66. The van der Waals surface area contributed by atoms with E-state index in [1.165, 1.54) is 13.8 Å². The van der Waals surface area contributed by atoms with Crippen LogP contribution in [0.1, 0.15) is 37.5 Å². The van der Waals surface area contributed by atoms with E-state index in [0.29, 0.717) is 48.1 Å². The van der Waals surface area contributed by atoms with Crippen LogP contribution in [0.4, 0.5) is 13.2 Å². The summed E-state index contributed by atoms with van der Waals surface area (Å²) < 4.78 is 72.4. The van der Waals surface area contributed by atoms with E-state index in [-0.39, 0.29) is 0 Å². The van der Waals surface area contributed by atoms with Crippen molar-refractivity contribution < 1.29 is 26.3 Å². The molecule has 0 aliphatic rings. The fourth-order valence-electron chi connectivity index (χ4n) is 4.27. The molecule has 0 bridgehead atoms. The first-order chi connectivity index (χ1) is 19.3. The fraction of sp³-hybridized carbons (Fsp3) is 0.310. The third kappa shape index (κ3) is 8.62. The Kier molecular flexibility index (Phi) is 9.15. The maximum atomic E-state index is 12.7. The second-order valence-corrected chi connectivity index (χ2v) is 11.8. The number of benzene rings is 2. The van der Waals surface area contributed by atoms with Crippen LogP contribution < -0.4 is 14.8 Å². The predicted octanol–water partition coefficient (Wildman–Crippen LogP) is 5.76. The van der Waals surface area contributed by atoms with Gasteiger partial charge in [0.2, 0.25) is 15.9 Å². The van der Waals surface area contributed by atoms with Gasteiger partial charge in [0.05, 0.1) is 11.2 Å². The minimum atomic E-state index is -4.84. The molecule has 41 heavy (non-hydrogen) atoms. The first-order valence-electron chi connectivity index (χ1n) is 13.0. The van der Waals surface area contributed by atoms with Gasteiger partial charge in [-0.2, -0.15) is 18.3 Å². The molecule has 4 aromatic rings. The molecule has 218 valence electrons. The maximum Gasteiger partial charge on any atom is 0.404 e. The topological polar surface area (TPSA) is 98.1 Å². The Morgan fingerprint density at radius 1 is 0.951 bits per heavy atom. The van der Waals surface area contributed by atoms with E-state index in [9.17, 15) is 21.6 Å². The van der Waals surface area contributed by atoms with Crippen molar-refractivity contribution in [1.29, 1.82) is 0 Å². The maximum absolute atomic E-state index is 12.7. The van der Waals surface area contributed by atoms with E-state index >= 15 is 0 Å². The molecule has 0 aliphatic carbocycles. The van der Waals surface area contributed by atoms with E-state index in [1.54, 1.807) is 41.2 Å². The van der Waals surface area contributed by atoms with Gasteiger partial charge in [-0.25, -0.2) is 17.8 Å². The van der Waals surface area contributed by atoms with E-state index in [0.717, 1.165) is 11.1 Å². The van der Waals surface area contributed by atoms with Crippen LogP contribution >= 0.6 is 0 Å². The van der Waals surface area contributed by atoms with Crippen molar-refractivity contribution in [2.75, 3.05) is 5.75 Å². The van der Waals surface area contributed by atoms with Crippen LogP contribution in [0.2, 0.25) is 0 Å². The Balaban J connectivity index is 1.45. The molecule has 12 heteroatoms. The molecule has 0 atom stereocenters. The van der Waals surface area contributed by atoms with Gasteiger partial charge in [-0.05, 0) is 61.7 Å². The first kappa shape index (κ1) is 30.2. The second kappa shape index (κ2) is 12.4.